The molecule has 1 fully saturated rings. The number of nitrogens with zero attached hydrogens (tertiary/aromatic N) is 1. The summed E-state index contributed by atoms with van der Waals surface area (Å²) in [5.41, 5.74) is 0. The first-order valence-corrected chi connectivity index (χ1v) is 7.44. The zero-order valence-corrected chi connectivity index (χ0v) is 12.7. The van der Waals surface area contributed by atoms with Gasteiger partial charge in [-0.05, 0) is 32.5 Å². The van der Waals surface area contributed by atoms with Gasteiger partial charge in [-0.25, -0.2) is 0 Å². The van der Waals surface area contributed by atoms with Gasteiger partial charge in [-0.15, -0.1) is 0 Å². The van der Waals surface area contributed by atoms with Crippen molar-refractivity contribution in [3.8, 4) is 0 Å². The van der Waals surface area contributed by atoms with Gasteiger partial charge in [0.25, 0.3) is 0 Å². The molecule has 3 nitrogen and oxygen atoms in total. The Balaban J connectivity index is 0. The maximum absolute atomic E-state index is 5.49. The van der Waals surface area contributed by atoms with Crippen LogP contribution in [-0.4, -0.2) is 50.8 Å². The Morgan fingerprint density at radius 2 is 1.65 bits per heavy atom. The highest BCUT2D eigenvalue weighted by atomic mass is 16.5. The summed E-state index contributed by atoms with van der Waals surface area (Å²) >= 11 is 0. The van der Waals surface area contributed by atoms with Crippen LogP contribution < -0.4 is 5.32 Å². The molecule has 1 heterocycles. The third kappa shape index (κ3) is 13.8. The lowest BCUT2D eigenvalue weighted by Crippen LogP contribution is -2.28. The van der Waals surface area contributed by atoms with Crippen LogP contribution in [0.15, 0.2) is 0 Å². The van der Waals surface area contributed by atoms with Crippen LogP contribution >= 0.6 is 0 Å². The second-order valence-electron chi connectivity index (χ2n) is 3.50. The molecular formula is C14H34N2O. The van der Waals surface area contributed by atoms with Gasteiger partial charge >= 0.3 is 0 Å². The molecular weight excluding hydrogens is 212 g/mol. The summed E-state index contributed by atoms with van der Waals surface area (Å²) in [4.78, 5) is 2.46. The first-order chi connectivity index (χ1) is 8.43. The fraction of sp³-hybridized carbons (Fsp3) is 1.00. The maximum Gasteiger partial charge on any atom is 0.0594 e. The molecule has 0 spiro atoms. The van der Waals surface area contributed by atoms with E-state index in [9.17, 15) is 0 Å². The van der Waals surface area contributed by atoms with E-state index in [0.717, 1.165) is 39.4 Å². The molecule has 0 amide bonds. The first kappa shape index (κ1) is 19.2. The van der Waals surface area contributed by atoms with E-state index in [1.54, 1.807) is 0 Å². The average molecular weight is 246 g/mol. The second kappa shape index (κ2) is 18.3. The number of ether oxygens (including phenoxy) is 1. The summed E-state index contributed by atoms with van der Waals surface area (Å²) in [7, 11) is 0. The first-order valence-electron chi connectivity index (χ1n) is 7.44. The molecule has 0 unspecified atom stereocenters. The fourth-order valence-electron chi connectivity index (χ4n) is 1.58. The number of nitrogens with one attached hydrogen (secondary N) is 1. The summed E-state index contributed by atoms with van der Waals surface area (Å²) in [6.07, 6.45) is 2.59. The predicted molar refractivity (Wildman–Crippen MR) is 77.7 cm³/mol. The molecule has 1 aliphatic heterocycles. The molecule has 1 aliphatic rings. The van der Waals surface area contributed by atoms with E-state index in [0.29, 0.717) is 0 Å². The van der Waals surface area contributed by atoms with E-state index in [1.807, 2.05) is 27.7 Å². The number of rotatable bonds is 1. The van der Waals surface area contributed by atoms with Crippen LogP contribution in [0.25, 0.3) is 0 Å². The zero-order valence-electron chi connectivity index (χ0n) is 12.7. The Hall–Kier alpha value is -0.120. The molecule has 0 saturated carbocycles. The van der Waals surface area contributed by atoms with Crippen molar-refractivity contribution >= 4 is 0 Å². The monoisotopic (exact) mass is 246 g/mol. The lowest BCUT2D eigenvalue weighted by atomic mass is 10.3. The van der Waals surface area contributed by atoms with Crippen LogP contribution in [0.1, 0.15) is 47.5 Å². The quantitative estimate of drug-likeness (QED) is 0.770. The molecule has 0 radical (unpaired) electrons. The lowest BCUT2D eigenvalue weighted by molar-refractivity contribution is 0.109. The van der Waals surface area contributed by atoms with Crippen molar-refractivity contribution in [1.29, 1.82) is 0 Å². The molecule has 0 bridgehead atoms. The molecule has 0 atom stereocenters. The van der Waals surface area contributed by atoms with Gasteiger partial charge in [0.1, 0.15) is 0 Å². The van der Waals surface area contributed by atoms with E-state index in [2.05, 4.69) is 17.1 Å². The molecule has 1 N–H and O–H groups in total. The minimum Gasteiger partial charge on any atom is -0.379 e. The van der Waals surface area contributed by atoms with Crippen LogP contribution in [-0.2, 0) is 4.74 Å². The van der Waals surface area contributed by atoms with Gasteiger partial charge in [-0.1, -0.05) is 34.6 Å². The normalized spacial score (nSPS) is 18.9. The highest BCUT2D eigenvalue weighted by Gasteiger charge is 2.02. The van der Waals surface area contributed by atoms with Crippen molar-refractivity contribution in [1.82, 2.24) is 10.2 Å². The van der Waals surface area contributed by atoms with Crippen molar-refractivity contribution in [3.63, 3.8) is 0 Å². The van der Waals surface area contributed by atoms with Crippen molar-refractivity contribution in [2.45, 2.75) is 47.5 Å². The molecule has 106 valence electrons. The highest BCUT2D eigenvalue weighted by molar-refractivity contribution is 4.58. The Kier molecular flexibility index (Phi) is 20.6. The Bertz CT molecular complexity index is 109. The van der Waals surface area contributed by atoms with Crippen LogP contribution in [0.3, 0.4) is 0 Å². The van der Waals surface area contributed by atoms with Crippen molar-refractivity contribution in [2.75, 3.05) is 45.9 Å². The Labute approximate surface area is 109 Å². The van der Waals surface area contributed by atoms with E-state index in [4.69, 9.17) is 4.74 Å². The zero-order chi connectivity index (χ0) is 13.4. The molecule has 1 saturated heterocycles. The van der Waals surface area contributed by atoms with E-state index < -0.39 is 0 Å². The van der Waals surface area contributed by atoms with E-state index in [1.165, 1.54) is 19.4 Å². The number of hydrogen-bond acceptors (Lipinski definition) is 3. The van der Waals surface area contributed by atoms with Gasteiger partial charge < -0.3 is 15.0 Å². The van der Waals surface area contributed by atoms with E-state index >= 15 is 0 Å². The van der Waals surface area contributed by atoms with Gasteiger partial charge in [-0.3, -0.25) is 0 Å². The van der Waals surface area contributed by atoms with Crippen LogP contribution in [0.4, 0.5) is 0 Å². The molecule has 0 aromatic carbocycles. The fourth-order valence-corrected chi connectivity index (χ4v) is 1.58. The van der Waals surface area contributed by atoms with E-state index in [-0.39, 0.29) is 0 Å². The van der Waals surface area contributed by atoms with Crippen LogP contribution in [0, 0.1) is 0 Å². The summed E-state index contributed by atoms with van der Waals surface area (Å²) in [6.45, 7) is 17.6. The molecule has 17 heavy (non-hydrogen) atoms. The van der Waals surface area contributed by atoms with Gasteiger partial charge in [0, 0.05) is 13.1 Å². The molecule has 3 heteroatoms. The molecule has 1 rings (SSSR count). The average Bonchev–Trinajstić information content (AvgIpc) is 2.48. The summed E-state index contributed by atoms with van der Waals surface area (Å²) < 4.78 is 5.49. The van der Waals surface area contributed by atoms with Gasteiger partial charge in [-0.2, -0.15) is 0 Å². The molecule has 0 aliphatic carbocycles. The minimum absolute atomic E-state index is 0.859. The molecule has 0 aromatic heterocycles. The van der Waals surface area contributed by atoms with Crippen molar-refractivity contribution in [2.24, 2.45) is 0 Å². The van der Waals surface area contributed by atoms with Crippen LogP contribution in [0.5, 0.6) is 0 Å². The number of likely N-dealkylation sites (N-methyl/N-ethyl adjacent to an activating group) is 1. The largest absolute Gasteiger partial charge is 0.379 e. The molecule has 0 aromatic rings. The maximum atomic E-state index is 5.49. The summed E-state index contributed by atoms with van der Waals surface area (Å²) in [5.74, 6) is 0. The van der Waals surface area contributed by atoms with Crippen molar-refractivity contribution in [3.05, 3.63) is 0 Å². The Morgan fingerprint density at radius 1 is 0.941 bits per heavy atom. The smallest absolute Gasteiger partial charge is 0.0594 e. The van der Waals surface area contributed by atoms with Gasteiger partial charge in [0.05, 0.1) is 13.2 Å². The minimum atomic E-state index is 0.859. The van der Waals surface area contributed by atoms with Gasteiger partial charge in [0.15, 0.2) is 0 Å². The highest BCUT2D eigenvalue weighted by Crippen LogP contribution is 1.95. The standard InChI is InChI=1S/C10H22N2O.2C2H6/c1-2-12-7-4-3-5-11-6-9-13-10-8-12;2*1-2/h11H,2-10H2,1H3;2*1-2H3. The van der Waals surface area contributed by atoms with Crippen LogP contribution in [0.2, 0.25) is 0 Å². The van der Waals surface area contributed by atoms with Crippen molar-refractivity contribution < 1.29 is 4.74 Å². The summed E-state index contributed by atoms with van der Waals surface area (Å²) in [6, 6.07) is 0. The Morgan fingerprint density at radius 3 is 2.29 bits per heavy atom. The third-order valence-corrected chi connectivity index (χ3v) is 2.50. The topological polar surface area (TPSA) is 24.5 Å². The number of hydrogen-bond donors (Lipinski definition) is 1. The second-order valence-corrected chi connectivity index (χ2v) is 3.50. The predicted octanol–water partition coefficient (Wildman–Crippen LogP) is 2.76. The third-order valence-electron chi connectivity index (χ3n) is 2.50. The van der Waals surface area contributed by atoms with Gasteiger partial charge in [0.2, 0.25) is 0 Å². The summed E-state index contributed by atoms with van der Waals surface area (Å²) in [5, 5.41) is 3.37. The lowest BCUT2D eigenvalue weighted by Gasteiger charge is -2.19. The SMILES string of the molecule is CC.CC.CCN1CCCCNCCOCC1.